The van der Waals surface area contributed by atoms with Crippen LogP contribution >= 0.6 is 0 Å². The van der Waals surface area contributed by atoms with E-state index in [2.05, 4.69) is 32.8 Å². The fraction of sp³-hybridized carbons (Fsp3) is 1.00. The summed E-state index contributed by atoms with van der Waals surface area (Å²) in [4.78, 5) is 2.26. The average molecular weight is 173 g/mol. The summed E-state index contributed by atoms with van der Waals surface area (Å²) in [7, 11) is 4.28. The van der Waals surface area contributed by atoms with E-state index in [4.69, 9.17) is 0 Å². The second kappa shape index (κ2) is 11.0. The minimum absolute atomic E-state index is 0.910. The highest BCUT2D eigenvalue weighted by molar-refractivity contribution is 4.53. The Balaban J connectivity index is 0. The average Bonchev–Trinajstić information content (AvgIpc) is 2.05. The molecule has 0 radical (unpaired) electrons. The zero-order chi connectivity index (χ0) is 9.98. The number of nitrogens with zero attached hydrogens (tertiary/aromatic N) is 1. The summed E-state index contributed by atoms with van der Waals surface area (Å²) in [6, 6.07) is 0. The van der Waals surface area contributed by atoms with Gasteiger partial charge in [-0.25, -0.2) is 0 Å². The molecule has 0 spiro atoms. The molecule has 0 rings (SSSR count). The van der Waals surface area contributed by atoms with Gasteiger partial charge in [0.2, 0.25) is 0 Å². The molecule has 1 nitrogen and oxygen atoms in total. The highest BCUT2D eigenvalue weighted by atomic mass is 15.0. The van der Waals surface area contributed by atoms with Crippen LogP contribution in [0.4, 0.5) is 0 Å². The molecule has 1 unspecified atom stereocenters. The van der Waals surface area contributed by atoms with Gasteiger partial charge in [-0.3, -0.25) is 0 Å². The van der Waals surface area contributed by atoms with E-state index in [1.165, 1.54) is 25.8 Å². The van der Waals surface area contributed by atoms with Gasteiger partial charge in [-0.2, -0.15) is 0 Å². The lowest BCUT2D eigenvalue weighted by Crippen LogP contribution is -2.15. The van der Waals surface area contributed by atoms with Gasteiger partial charge < -0.3 is 4.90 Å². The van der Waals surface area contributed by atoms with Gasteiger partial charge in [0.05, 0.1) is 0 Å². The molecule has 0 aliphatic heterocycles. The normalized spacial score (nSPS) is 12.2. The molecule has 0 aromatic heterocycles. The van der Waals surface area contributed by atoms with Gasteiger partial charge >= 0.3 is 0 Å². The Hall–Kier alpha value is -0.0400. The molecule has 0 aliphatic carbocycles. The van der Waals surface area contributed by atoms with Crippen molar-refractivity contribution in [2.75, 3.05) is 20.6 Å². The molecule has 0 aliphatic rings. The predicted octanol–water partition coefficient (Wildman–Crippen LogP) is 3.40. The standard InChI is InChI=1S/C9H21N.C2H6/c1-5-6-9(2)7-8-10(3)4;1-2/h9H,5-8H2,1-4H3;1-2H3. The van der Waals surface area contributed by atoms with Crippen LogP contribution < -0.4 is 0 Å². The van der Waals surface area contributed by atoms with Gasteiger partial charge in [0.1, 0.15) is 0 Å². The lowest BCUT2D eigenvalue weighted by atomic mass is 10.0. The quantitative estimate of drug-likeness (QED) is 0.616. The lowest BCUT2D eigenvalue weighted by Gasteiger charge is -2.13. The highest BCUT2D eigenvalue weighted by Crippen LogP contribution is 2.09. The molecule has 1 heteroatoms. The Morgan fingerprint density at radius 1 is 1.08 bits per heavy atom. The van der Waals surface area contributed by atoms with Gasteiger partial charge in [0.15, 0.2) is 0 Å². The fourth-order valence-electron chi connectivity index (χ4n) is 1.12. The third-order valence-electron chi connectivity index (χ3n) is 1.85. The first-order valence-electron chi connectivity index (χ1n) is 5.31. The molecule has 0 aromatic rings. The topological polar surface area (TPSA) is 3.24 Å². The van der Waals surface area contributed by atoms with Crippen LogP contribution in [0.5, 0.6) is 0 Å². The zero-order valence-corrected chi connectivity index (χ0v) is 9.85. The summed E-state index contributed by atoms with van der Waals surface area (Å²) in [5.41, 5.74) is 0. The van der Waals surface area contributed by atoms with Crippen LogP contribution in [0.1, 0.15) is 47.0 Å². The van der Waals surface area contributed by atoms with E-state index in [1.807, 2.05) is 13.8 Å². The highest BCUT2D eigenvalue weighted by Gasteiger charge is 1.99. The predicted molar refractivity (Wildman–Crippen MR) is 58.6 cm³/mol. The van der Waals surface area contributed by atoms with Crippen molar-refractivity contribution in [2.45, 2.75) is 47.0 Å². The Labute approximate surface area is 79.2 Å². The van der Waals surface area contributed by atoms with Crippen LogP contribution in [-0.4, -0.2) is 25.5 Å². The molecule has 0 bridgehead atoms. The van der Waals surface area contributed by atoms with Crippen LogP contribution in [0, 0.1) is 5.92 Å². The minimum Gasteiger partial charge on any atom is -0.309 e. The van der Waals surface area contributed by atoms with E-state index >= 15 is 0 Å². The second-order valence-corrected chi connectivity index (χ2v) is 3.49. The molecule has 1 atom stereocenters. The van der Waals surface area contributed by atoms with Crippen LogP contribution in [0.15, 0.2) is 0 Å². The van der Waals surface area contributed by atoms with Crippen molar-refractivity contribution in [1.82, 2.24) is 4.90 Å². The number of rotatable bonds is 5. The van der Waals surface area contributed by atoms with Crippen LogP contribution in [0.2, 0.25) is 0 Å². The van der Waals surface area contributed by atoms with Crippen molar-refractivity contribution in [3.8, 4) is 0 Å². The van der Waals surface area contributed by atoms with Crippen molar-refractivity contribution in [1.29, 1.82) is 0 Å². The summed E-state index contributed by atoms with van der Waals surface area (Å²) in [6.45, 7) is 9.83. The largest absolute Gasteiger partial charge is 0.309 e. The third kappa shape index (κ3) is 12.6. The molecule has 0 heterocycles. The van der Waals surface area contributed by atoms with Crippen molar-refractivity contribution >= 4 is 0 Å². The third-order valence-corrected chi connectivity index (χ3v) is 1.85. The van der Waals surface area contributed by atoms with Crippen molar-refractivity contribution in [2.24, 2.45) is 5.92 Å². The summed E-state index contributed by atoms with van der Waals surface area (Å²) in [6.07, 6.45) is 4.06. The first-order chi connectivity index (χ1) is 5.66. The summed E-state index contributed by atoms with van der Waals surface area (Å²) in [5, 5.41) is 0. The molecule has 76 valence electrons. The van der Waals surface area contributed by atoms with Gasteiger partial charge in [-0.05, 0) is 33.0 Å². The zero-order valence-electron chi connectivity index (χ0n) is 9.85. The van der Waals surface area contributed by atoms with Gasteiger partial charge in [-0.15, -0.1) is 0 Å². The van der Waals surface area contributed by atoms with Crippen molar-refractivity contribution in [3.63, 3.8) is 0 Å². The van der Waals surface area contributed by atoms with E-state index in [-0.39, 0.29) is 0 Å². The van der Waals surface area contributed by atoms with Crippen LogP contribution in [-0.2, 0) is 0 Å². The first kappa shape index (κ1) is 14.5. The van der Waals surface area contributed by atoms with Gasteiger partial charge in [0, 0.05) is 0 Å². The van der Waals surface area contributed by atoms with E-state index < -0.39 is 0 Å². The smallest absolute Gasteiger partial charge is 0.00223 e. The minimum atomic E-state index is 0.910. The van der Waals surface area contributed by atoms with E-state index in [0.29, 0.717) is 0 Å². The maximum atomic E-state index is 2.34. The first-order valence-corrected chi connectivity index (χ1v) is 5.31. The summed E-state index contributed by atoms with van der Waals surface area (Å²) in [5.74, 6) is 0.910. The Bertz CT molecular complexity index is 69.4. The molecular formula is C11H27N. The van der Waals surface area contributed by atoms with Crippen LogP contribution in [0.25, 0.3) is 0 Å². The maximum Gasteiger partial charge on any atom is -0.00223 e. The van der Waals surface area contributed by atoms with E-state index in [0.717, 1.165) is 5.92 Å². The second-order valence-electron chi connectivity index (χ2n) is 3.49. The SMILES string of the molecule is CC.CCCC(C)CCN(C)C. The molecular weight excluding hydrogens is 146 g/mol. The fourth-order valence-corrected chi connectivity index (χ4v) is 1.12. The van der Waals surface area contributed by atoms with Crippen molar-refractivity contribution in [3.05, 3.63) is 0 Å². The lowest BCUT2D eigenvalue weighted by molar-refractivity contribution is 0.350. The Kier molecular flexibility index (Phi) is 13.2. The van der Waals surface area contributed by atoms with Crippen molar-refractivity contribution < 1.29 is 0 Å². The Morgan fingerprint density at radius 2 is 1.58 bits per heavy atom. The molecule has 0 N–H and O–H groups in total. The number of hydrogen-bond donors (Lipinski definition) is 0. The summed E-state index contributed by atoms with van der Waals surface area (Å²) < 4.78 is 0. The summed E-state index contributed by atoms with van der Waals surface area (Å²) >= 11 is 0. The molecule has 0 amide bonds. The molecule has 0 saturated heterocycles. The van der Waals surface area contributed by atoms with Gasteiger partial charge in [0.25, 0.3) is 0 Å². The van der Waals surface area contributed by atoms with Gasteiger partial charge in [-0.1, -0.05) is 40.5 Å². The van der Waals surface area contributed by atoms with E-state index in [1.54, 1.807) is 0 Å². The molecule has 0 saturated carbocycles. The maximum absolute atomic E-state index is 2.34. The monoisotopic (exact) mass is 173 g/mol. The molecule has 0 aromatic carbocycles. The molecule has 0 fully saturated rings. The van der Waals surface area contributed by atoms with E-state index in [9.17, 15) is 0 Å². The Morgan fingerprint density at radius 3 is 1.92 bits per heavy atom. The number of hydrogen-bond acceptors (Lipinski definition) is 1. The van der Waals surface area contributed by atoms with Crippen LogP contribution in [0.3, 0.4) is 0 Å². The molecule has 12 heavy (non-hydrogen) atoms.